The van der Waals surface area contributed by atoms with Crippen molar-refractivity contribution in [2.45, 2.75) is 33.2 Å². The summed E-state index contributed by atoms with van der Waals surface area (Å²) in [4.78, 5) is 21.7. The van der Waals surface area contributed by atoms with Gasteiger partial charge in [-0.1, -0.05) is 30.3 Å². The van der Waals surface area contributed by atoms with Crippen LogP contribution in [0.15, 0.2) is 66.9 Å². The molecule has 0 saturated heterocycles. The third-order valence-electron chi connectivity index (χ3n) is 6.65. The second-order valence-corrected chi connectivity index (χ2v) is 8.17. The fourth-order valence-corrected chi connectivity index (χ4v) is 4.81. The monoisotopic (exact) mass is 443 g/mol. The molecule has 1 aliphatic heterocycles. The summed E-state index contributed by atoms with van der Waals surface area (Å²) in [6, 6.07) is 21.1. The van der Waals surface area contributed by atoms with Gasteiger partial charge < -0.3 is 9.80 Å². The molecule has 1 amide bonds. The molecule has 0 atom stereocenters. The SMILES string of the molecule is CCN(CC)c1ccc(C2(c3ccc(N(CC)CC)cc3)NNC(=O)c3ncccc32)cc1. The van der Waals surface area contributed by atoms with Gasteiger partial charge in [-0.15, -0.1) is 0 Å². The first kappa shape index (κ1) is 22.8. The molecule has 2 aromatic carbocycles. The zero-order chi connectivity index (χ0) is 23.4. The lowest BCUT2D eigenvalue weighted by Gasteiger charge is -2.40. The zero-order valence-electron chi connectivity index (χ0n) is 19.9. The highest BCUT2D eigenvalue weighted by Gasteiger charge is 2.43. The summed E-state index contributed by atoms with van der Waals surface area (Å²) in [5.74, 6) is -0.222. The van der Waals surface area contributed by atoms with Crippen molar-refractivity contribution in [1.29, 1.82) is 0 Å². The van der Waals surface area contributed by atoms with E-state index in [0.29, 0.717) is 5.69 Å². The molecule has 2 N–H and O–H groups in total. The van der Waals surface area contributed by atoms with Gasteiger partial charge in [0.15, 0.2) is 0 Å². The van der Waals surface area contributed by atoms with Crippen LogP contribution in [0.4, 0.5) is 11.4 Å². The van der Waals surface area contributed by atoms with Crippen LogP contribution < -0.4 is 20.7 Å². The number of carbonyl (C=O) groups is 1. The van der Waals surface area contributed by atoms with E-state index >= 15 is 0 Å². The molecule has 4 rings (SSSR count). The molecule has 172 valence electrons. The molecular weight excluding hydrogens is 410 g/mol. The lowest BCUT2D eigenvalue weighted by Crippen LogP contribution is -2.58. The number of aromatic nitrogens is 1. The Bertz CT molecular complexity index is 1030. The van der Waals surface area contributed by atoms with Crippen LogP contribution in [0.2, 0.25) is 0 Å². The van der Waals surface area contributed by atoms with E-state index in [9.17, 15) is 4.79 Å². The highest BCUT2D eigenvalue weighted by molar-refractivity contribution is 5.95. The number of carbonyl (C=O) groups excluding carboxylic acids is 1. The zero-order valence-corrected chi connectivity index (χ0v) is 19.9. The van der Waals surface area contributed by atoms with Gasteiger partial charge in [-0.25, -0.2) is 5.43 Å². The lowest BCUT2D eigenvalue weighted by atomic mass is 9.75. The number of hydrogen-bond donors (Lipinski definition) is 2. The highest BCUT2D eigenvalue weighted by atomic mass is 16.2. The molecule has 3 aromatic rings. The summed E-state index contributed by atoms with van der Waals surface area (Å²) in [7, 11) is 0. The number of hydrazine groups is 1. The smallest absolute Gasteiger partial charge is 0.284 e. The molecule has 0 aliphatic carbocycles. The number of pyridine rings is 1. The Balaban J connectivity index is 1.88. The van der Waals surface area contributed by atoms with Crippen LogP contribution in [-0.2, 0) is 5.54 Å². The van der Waals surface area contributed by atoms with E-state index in [1.54, 1.807) is 6.20 Å². The van der Waals surface area contributed by atoms with Crippen molar-refractivity contribution in [3.63, 3.8) is 0 Å². The van der Waals surface area contributed by atoms with Gasteiger partial charge in [0, 0.05) is 49.3 Å². The molecule has 33 heavy (non-hydrogen) atoms. The van der Waals surface area contributed by atoms with E-state index in [1.807, 2.05) is 12.1 Å². The van der Waals surface area contributed by atoms with Gasteiger partial charge in [0.2, 0.25) is 0 Å². The molecule has 0 fully saturated rings. The maximum atomic E-state index is 12.6. The van der Waals surface area contributed by atoms with Crippen LogP contribution in [0.1, 0.15) is 54.9 Å². The van der Waals surface area contributed by atoms with E-state index in [4.69, 9.17) is 0 Å². The Morgan fingerprint density at radius 3 is 1.70 bits per heavy atom. The summed E-state index contributed by atoms with van der Waals surface area (Å²) in [5, 5.41) is 0. The minimum absolute atomic E-state index is 0.222. The van der Waals surface area contributed by atoms with Crippen molar-refractivity contribution < 1.29 is 4.79 Å². The summed E-state index contributed by atoms with van der Waals surface area (Å²) >= 11 is 0. The first-order valence-corrected chi connectivity index (χ1v) is 11.8. The normalized spacial score (nSPS) is 14.4. The van der Waals surface area contributed by atoms with Gasteiger partial charge in [0.1, 0.15) is 11.2 Å². The van der Waals surface area contributed by atoms with Crippen LogP contribution >= 0.6 is 0 Å². The molecule has 6 heteroatoms. The molecule has 2 heterocycles. The van der Waals surface area contributed by atoms with E-state index in [1.165, 1.54) is 11.4 Å². The van der Waals surface area contributed by atoms with Crippen LogP contribution in [0.5, 0.6) is 0 Å². The van der Waals surface area contributed by atoms with E-state index < -0.39 is 5.54 Å². The van der Waals surface area contributed by atoms with Crippen LogP contribution in [-0.4, -0.2) is 37.1 Å². The van der Waals surface area contributed by atoms with Crippen molar-refractivity contribution in [3.8, 4) is 0 Å². The third-order valence-corrected chi connectivity index (χ3v) is 6.65. The molecule has 0 radical (unpaired) electrons. The molecule has 6 nitrogen and oxygen atoms in total. The third kappa shape index (κ3) is 3.95. The Hall–Kier alpha value is -3.38. The standard InChI is InChI=1S/C27H33N5O/c1-5-31(6-2)22-15-11-20(12-16-22)27(21-13-17-23(18-14-21)32(7-3)8-4)24-10-9-19-28-25(24)26(33)29-30-27/h9-19,30H,5-8H2,1-4H3,(H,29,33). The number of amides is 1. The van der Waals surface area contributed by atoms with Gasteiger partial charge in [-0.05, 0) is 69.2 Å². The number of nitrogens with one attached hydrogen (secondary N) is 2. The average molecular weight is 444 g/mol. The number of hydrogen-bond acceptors (Lipinski definition) is 5. The van der Waals surface area contributed by atoms with E-state index in [-0.39, 0.29) is 5.91 Å². The highest BCUT2D eigenvalue weighted by Crippen LogP contribution is 2.40. The van der Waals surface area contributed by atoms with Crippen molar-refractivity contribution in [2.24, 2.45) is 0 Å². The second-order valence-electron chi connectivity index (χ2n) is 8.17. The van der Waals surface area contributed by atoms with E-state index in [0.717, 1.165) is 42.9 Å². The molecule has 1 aliphatic rings. The average Bonchev–Trinajstić information content (AvgIpc) is 2.87. The van der Waals surface area contributed by atoms with Gasteiger partial charge in [-0.2, -0.15) is 0 Å². The topological polar surface area (TPSA) is 60.5 Å². The van der Waals surface area contributed by atoms with Gasteiger partial charge in [-0.3, -0.25) is 15.2 Å². The lowest BCUT2D eigenvalue weighted by molar-refractivity contribution is 0.0891. The Morgan fingerprint density at radius 2 is 1.24 bits per heavy atom. The van der Waals surface area contributed by atoms with E-state index in [2.05, 4.69) is 102 Å². The molecular formula is C27H33N5O. The van der Waals surface area contributed by atoms with Gasteiger partial charge in [0.05, 0.1) is 0 Å². The van der Waals surface area contributed by atoms with Crippen molar-refractivity contribution in [1.82, 2.24) is 15.8 Å². The number of nitrogens with zero attached hydrogens (tertiary/aromatic N) is 3. The van der Waals surface area contributed by atoms with Gasteiger partial charge >= 0.3 is 0 Å². The summed E-state index contributed by atoms with van der Waals surface area (Å²) in [5.41, 5.74) is 11.2. The maximum absolute atomic E-state index is 12.6. The minimum Gasteiger partial charge on any atom is -0.372 e. The predicted molar refractivity (Wildman–Crippen MR) is 135 cm³/mol. The fourth-order valence-electron chi connectivity index (χ4n) is 4.81. The fraction of sp³-hybridized carbons (Fsp3) is 0.333. The Labute approximate surface area is 196 Å². The maximum Gasteiger partial charge on any atom is 0.284 e. The van der Waals surface area contributed by atoms with Crippen molar-refractivity contribution in [2.75, 3.05) is 36.0 Å². The molecule has 0 saturated carbocycles. The number of rotatable bonds is 8. The Kier molecular flexibility index (Phi) is 6.65. The predicted octanol–water partition coefficient (Wildman–Crippen LogP) is 4.31. The number of fused-ring (bicyclic) bond motifs is 1. The summed E-state index contributed by atoms with van der Waals surface area (Å²) in [6.45, 7) is 12.5. The van der Waals surface area contributed by atoms with Crippen LogP contribution in [0, 0.1) is 0 Å². The summed E-state index contributed by atoms with van der Waals surface area (Å²) in [6.07, 6.45) is 1.67. The van der Waals surface area contributed by atoms with Crippen molar-refractivity contribution in [3.05, 3.63) is 89.2 Å². The minimum atomic E-state index is -0.749. The van der Waals surface area contributed by atoms with Gasteiger partial charge in [0.25, 0.3) is 5.91 Å². The second kappa shape index (κ2) is 9.63. The largest absolute Gasteiger partial charge is 0.372 e. The molecule has 0 bridgehead atoms. The first-order valence-electron chi connectivity index (χ1n) is 11.8. The van der Waals surface area contributed by atoms with Crippen molar-refractivity contribution >= 4 is 17.3 Å². The first-order chi connectivity index (χ1) is 16.1. The molecule has 0 unspecified atom stereocenters. The van der Waals surface area contributed by atoms with Crippen LogP contribution in [0.25, 0.3) is 0 Å². The Morgan fingerprint density at radius 1 is 0.758 bits per heavy atom. The molecule has 0 spiro atoms. The molecule has 1 aromatic heterocycles. The van der Waals surface area contributed by atoms with Crippen LogP contribution in [0.3, 0.4) is 0 Å². The number of anilines is 2. The quantitative estimate of drug-likeness (QED) is 0.543. The summed E-state index contributed by atoms with van der Waals surface area (Å²) < 4.78 is 0. The number of benzene rings is 2.